The number of nitriles is 1. The molecule has 1 aromatic carbocycles. The SMILES string of the molecule is Cc1cnc(NC2CCN(Cc3ccccc3)CC2)nc1/C(C#N)=C1/C=CC=CN1. The summed E-state index contributed by atoms with van der Waals surface area (Å²) in [6.07, 6.45) is 11.4. The highest BCUT2D eigenvalue weighted by Crippen LogP contribution is 2.23. The van der Waals surface area contributed by atoms with Crippen LogP contribution in [0.4, 0.5) is 5.95 Å². The summed E-state index contributed by atoms with van der Waals surface area (Å²) in [6.45, 7) is 5.01. The van der Waals surface area contributed by atoms with Gasteiger partial charge in [0, 0.05) is 38.1 Å². The number of benzene rings is 1. The zero-order valence-electron chi connectivity index (χ0n) is 17.2. The molecule has 3 heterocycles. The molecule has 30 heavy (non-hydrogen) atoms. The van der Waals surface area contributed by atoms with Crippen molar-refractivity contribution in [3.8, 4) is 6.07 Å². The van der Waals surface area contributed by atoms with Crippen LogP contribution in [0.15, 0.2) is 66.7 Å². The second-order valence-electron chi connectivity index (χ2n) is 7.67. The molecule has 0 bridgehead atoms. The first-order valence-corrected chi connectivity index (χ1v) is 10.3. The highest BCUT2D eigenvalue weighted by molar-refractivity contribution is 5.80. The van der Waals surface area contributed by atoms with Gasteiger partial charge < -0.3 is 10.6 Å². The van der Waals surface area contributed by atoms with Gasteiger partial charge in [-0.2, -0.15) is 5.26 Å². The van der Waals surface area contributed by atoms with Crippen LogP contribution < -0.4 is 10.6 Å². The lowest BCUT2D eigenvalue weighted by molar-refractivity contribution is 0.211. The Balaban J connectivity index is 1.41. The molecule has 1 fully saturated rings. The molecule has 2 aliphatic heterocycles. The van der Waals surface area contributed by atoms with E-state index in [2.05, 4.69) is 61.9 Å². The zero-order chi connectivity index (χ0) is 20.8. The molecular weight excluding hydrogens is 372 g/mol. The first-order chi connectivity index (χ1) is 14.7. The second-order valence-corrected chi connectivity index (χ2v) is 7.67. The van der Waals surface area contributed by atoms with Gasteiger partial charge in [-0.3, -0.25) is 4.90 Å². The van der Waals surface area contributed by atoms with Crippen molar-refractivity contribution in [3.63, 3.8) is 0 Å². The van der Waals surface area contributed by atoms with Crippen LogP contribution in [0.1, 0.15) is 29.7 Å². The second kappa shape index (κ2) is 9.38. The molecular formula is C24H26N6. The van der Waals surface area contributed by atoms with Crippen LogP contribution >= 0.6 is 0 Å². The minimum absolute atomic E-state index is 0.335. The van der Waals surface area contributed by atoms with Crippen LogP contribution in [0, 0.1) is 18.3 Å². The molecule has 2 aromatic rings. The molecule has 2 aliphatic rings. The van der Waals surface area contributed by atoms with Gasteiger partial charge in [0.25, 0.3) is 0 Å². The Morgan fingerprint density at radius 3 is 2.73 bits per heavy atom. The first kappa shape index (κ1) is 19.9. The third-order valence-electron chi connectivity index (χ3n) is 5.47. The number of rotatable bonds is 5. The van der Waals surface area contributed by atoms with E-state index in [1.54, 1.807) is 6.20 Å². The van der Waals surface area contributed by atoms with Crippen molar-refractivity contribution < 1.29 is 0 Å². The van der Waals surface area contributed by atoms with Gasteiger partial charge in [0.2, 0.25) is 5.95 Å². The van der Waals surface area contributed by atoms with Crippen LogP contribution in [0.5, 0.6) is 0 Å². The van der Waals surface area contributed by atoms with Crippen molar-refractivity contribution in [2.24, 2.45) is 0 Å². The molecule has 0 spiro atoms. The van der Waals surface area contributed by atoms with Gasteiger partial charge in [-0.1, -0.05) is 36.4 Å². The number of nitrogens with zero attached hydrogens (tertiary/aromatic N) is 4. The fourth-order valence-corrected chi connectivity index (χ4v) is 3.81. The monoisotopic (exact) mass is 398 g/mol. The van der Waals surface area contributed by atoms with Gasteiger partial charge in [0.05, 0.1) is 11.4 Å². The van der Waals surface area contributed by atoms with Crippen molar-refractivity contribution in [3.05, 3.63) is 83.5 Å². The Hall–Kier alpha value is -3.43. The maximum absolute atomic E-state index is 9.73. The lowest BCUT2D eigenvalue weighted by atomic mass is 10.0. The largest absolute Gasteiger partial charge is 0.361 e. The molecule has 0 amide bonds. The summed E-state index contributed by atoms with van der Waals surface area (Å²) in [5, 5.41) is 16.3. The molecule has 0 radical (unpaired) electrons. The summed E-state index contributed by atoms with van der Waals surface area (Å²) in [5.74, 6) is 0.584. The Morgan fingerprint density at radius 2 is 2.03 bits per heavy atom. The van der Waals surface area contributed by atoms with Crippen molar-refractivity contribution >= 4 is 11.5 Å². The van der Waals surface area contributed by atoms with E-state index in [-0.39, 0.29) is 0 Å². The van der Waals surface area contributed by atoms with Crippen LogP contribution in [0.3, 0.4) is 0 Å². The number of aromatic nitrogens is 2. The summed E-state index contributed by atoms with van der Waals surface area (Å²) < 4.78 is 0. The van der Waals surface area contributed by atoms with Crippen molar-refractivity contribution in [2.45, 2.75) is 32.4 Å². The number of piperidine rings is 1. The van der Waals surface area contributed by atoms with Crippen molar-refractivity contribution in [2.75, 3.05) is 18.4 Å². The van der Waals surface area contributed by atoms with Gasteiger partial charge in [-0.25, -0.2) is 9.97 Å². The Labute approximate surface area is 177 Å². The van der Waals surface area contributed by atoms with Gasteiger partial charge in [-0.05, 0) is 43.0 Å². The van der Waals surface area contributed by atoms with E-state index in [9.17, 15) is 5.26 Å². The smallest absolute Gasteiger partial charge is 0.223 e. The highest BCUT2D eigenvalue weighted by Gasteiger charge is 2.21. The van der Waals surface area contributed by atoms with E-state index in [1.165, 1.54) is 5.56 Å². The summed E-state index contributed by atoms with van der Waals surface area (Å²) in [7, 11) is 0. The van der Waals surface area contributed by atoms with Crippen molar-refractivity contribution in [1.82, 2.24) is 20.2 Å². The number of likely N-dealkylation sites (tertiary alicyclic amines) is 1. The van der Waals surface area contributed by atoms with Gasteiger partial charge in [-0.15, -0.1) is 0 Å². The van der Waals surface area contributed by atoms with E-state index in [4.69, 9.17) is 0 Å². The average molecular weight is 399 g/mol. The minimum atomic E-state index is 0.335. The number of anilines is 1. The van der Waals surface area contributed by atoms with E-state index in [0.29, 0.717) is 23.3 Å². The van der Waals surface area contributed by atoms with Gasteiger partial charge >= 0.3 is 0 Å². The van der Waals surface area contributed by atoms with Crippen molar-refractivity contribution in [1.29, 1.82) is 5.26 Å². The normalized spacial score (nSPS) is 18.5. The predicted molar refractivity (Wildman–Crippen MR) is 119 cm³/mol. The quantitative estimate of drug-likeness (QED) is 0.747. The number of allylic oxidation sites excluding steroid dienone is 4. The number of hydrogen-bond acceptors (Lipinski definition) is 6. The standard InChI is InChI=1S/C24H26N6/c1-18-16-27-24(29-23(18)21(15-25)22-9-5-6-12-26-22)28-20-10-13-30(14-11-20)17-19-7-3-2-4-8-19/h2-9,12,16,20,26H,10-11,13-14,17H2,1H3,(H,27,28,29)/b22-21-. The van der Waals surface area contributed by atoms with E-state index >= 15 is 0 Å². The minimum Gasteiger partial charge on any atom is -0.361 e. The van der Waals surface area contributed by atoms with Crippen LogP contribution in [-0.2, 0) is 6.54 Å². The molecule has 2 N–H and O–H groups in total. The van der Waals surface area contributed by atoms with E-state index in [0.717, 1.165) is 43.7 Å². The molecule has 1 saturated heterocycles. The van der Waals surface area contributed by atoms with Crippen LogP contribution in [-0.4, -0.2) is 34.0 Å². The summed E-state index contributed by atoms with van der Waals surface area (Å²) >= 11 is 0. The molecule has 1 aromatic heterocycles. The zero-order valence-corrected chi connectivity index (χ0v) is 17.2. The lowest BCUT2D eigenvalue weighted by Gasteiger charge is -2.32. The van der Waals surface area contributed by atoms with E-state index < -0.39 is 0 Å². The third-order valence-corrected chi connectivity index (χ3v) is 5.47. The number of nitrogens with one attached hydrogen (secondary N) is 2. The van der Waals surface area contributed by atoms with Crippen LogP contribution in [0.25, 0.3) is 5.57 Å². The first-order valence-electron chi connectivity index (χ1n) is 10.3. The molecule has 0 aliphatic carbocycles. The molecule has 6 heteroatoms. The topological polar surface area (TPSA) is 76.9 Å². The fourth-order valence-electron chi connectivity index (χ4n) is 3.81. The number of aryl methyl sites for hydroxylation is 1. The summed E-state index contributed by atoms with van der Waals surface area (Å²) in [4.78, 5) is 11.6. The predicted octanol–water partition coefficient (Wildman–Crippen LogP) is 3.77. The number of hydrogen-bond donors (Lipinski definition) is 2. The Bertz CT molecular complexity index is 1010. The summed E-state index contributed by atoms with van der Waals surface area (Å²) in [5.41, 5.74) is 4.18. The maximum Gasteiger partial charge on any atom is 0.223 e. The van der Waals surface area contributed by atoms with E-state index in [1.807, 2.05) is 31.4 Å². The van der Waals surface area contributed by atoms with Crippen LogP contribution in [0.2, 0.25) is 0 Å². The Morgan fingerprint density at radius 1 is 1.23 bits per heavy atom. The molecule has 152 valence electrons. The fraction of sp³-hybridized carbons (Fsp3) is 0.292. The van der Waals surface area contributed by atoms with Gasteiger partial charge in [0.15, 0.2) is 0 Å². The maximum atomic E-state index is 9.73. The van der Waals surface area contributed by atoms with Gasteiger partial charge in [0.1, 0.15) is 11.6 Å². The molecule has 0 saturated carbocycles. The molecule has 0 unspecified atom stereocenters. The third kappa shape index (κ3) is 4.76. The molecule has 6 nitrogen and oxygen atoms in total. The lowest BCUT2D eigenvalue weighted by Crippen LogP contribution is -2.39. The highest BCUT2D eigenvalue weighted by atomic mass is 15.2. The number of dihydropyridines is 1. The summed E-state index contributed by atoms with van der Waals surface area (Å²) in [6, 6.07) is 13.2. The Kier molecular flexibility index (Phi) is 6.21. The molecule has 0 atom stereocenters. The molecule has 4 rings (SSSR count). The average Bonchev–Trinajstić information content (AvgIpc) is 2.79.